The molecule has 0 aliphatic carbocycles. The lowest BCUT2D eigenvalue weighted by molar-refractivity contribution is 0.545. The lowest BCUT2D eigenvalue weighted by Gasteiger charge is -2.23. The van der Waals surface area contributed by atoms with Gasteiger partial charge in [-0.25, -0.2) is 0 Å². The van der Waals surface area contributed by atoms with Crippen LogP contribution in [0.3, 0.4) is 0 Å². The quantitative estimate of drug-likeness (QED) is 0.582. The predicted octanol–water partition coefficient (Wildman–Crippen LogP) is 2.34. The van der Waals surface area contributed by atoms with Crippen molar-refractivity contribution in [1.29, 1.82) is 0 Å². The maximum absolute atomic E-state index is 2.53. The van der Waals surface area contributed by atoms with Crippen LogP contribution in [0.4, 0.5) is 5.69 Å². The number of benzene rings is 1. The van der Waals surface area contributed by atoms with E-state index < -0.39 is 0 Å². The van der Waals surface area contributed by atoms with Gasteiger partial charge in [-0.2, -0.15) is 0 Å². The molecule has 13 heavy (non-hydrogen) atoms. The van der Waals surface area contributed by atoms with E-state index in [4.69, 9.17) is 0 Å². The van der Waals surface area contributed by atoms with Crippen LogP contribution in [0.1, 0.15) is 25.0 Å². The number of nitrogens with zero attached hydrogens (tertiary/aromatic N) is 1. The van der Waals surface area contributed by atoms with Gasteiger partial charge in [-0.1, -0.05) is 26.0 Å². The number of hydrogen-bond acceptors (Lipinski definition) is 1. The summed E-state index contributed by atoms with van der Waals surface area (Å²) in [5.74, 6) is 0. The number of hydrogen-bond donors (Lipinski definition) is 0. The highest BCUT2D eigenvalue weighted by Gasteiger charge is 2.36. The van der Waals surface area contributed by atoms with Crippen LogP contribution in [0.2, 0.25) is 0 Å². The molecule has 1 heteroatoms. The van der Waals surface area contributed by atoms with Gasteiger partial charge in [-0.05, 0) is 23.6 Å². The molecule has 3 heterocycles. The summed E-state index contributed by atoms with van der Waals surface area (Å²) in [6, 6.07) is 6.98. The Balaban J connectivity index is 2.29. The van der Waals surface area contributed by atoms with E-state index in [1.807, 2.05) is 0 Å². The first-order chi connectivity index (χ1) is 6.17. The van der Waals surface area contributed by atoms with Gasteiger partial charge in [0.1, 0.15) is 0 Å². The normalized spacial score (nSPS) is 22.2. The topological polar surface area (TPSA) is 3.24 Å². The fourth-order valence-corrected chi connectivity index (χ4v) is 2.67. The number of rotatable bonds is 0. The summed E-state index contributed by atoms with van der Waals surface area (Å²) in [5, 5.41) is 0. The van der Waals surface area contributed by atoms with Crippen molar-refractivity contribution in [1.82, 2.24) is 0 Å². The van der Waals surface area contributed by atoms with Crippen LogP contribution in [0.25, 0.3) is 0 Å². The molecule has 3 aliphatic rings. The Morgan fingerprint density at radius 2 is 2.15 bits per heavy atom. The monoisotopic (exact) mass is 173 g/mol. The number of anilines is 1. The molecule has 68 valence electrons. The van der Waals surface area contributed by atoms with Crippen LogP contribution >= 0.6 is 0 Å². The minimum absolute atomic E-state index is 0.367. The summed E-state index contributed by atoms with van der Waals surface area (Å²) in [4.78, 5) is 2.53. The third-order valence-electron chi connectivity index (χ3n) is 3.39. The maximum atomic E-state index is 2.53. The van der Waals surface area contributed by atoms with Gasteiger partial charge in [-0.15, -0.1) is 0 Å². The van der Waals surface area contributed by atoms with Crippen LogP contribution in [0.15, 0.2) is 18.2 Å². The first-order valence-corrected chi connectivity index (χ1v) is 5.05. The molecule has 1 nitrogen and oxygen atoms in total. The van der Waals surface area contributed by atoms with Crippen LogP contribution in [0.5, 0.6) is 0 Å². The Kier molecular flexibility index (Phi) is 1.19. The van der Waals surface area contributed by atoms with Gasteiger partial charge in [-0.3, -0.25) is 0 Å². The first-order valence-electron chi connectivity index (χ1n) is 5.05. The van der Waals surface area contributed by atoms with E-state index in [1.54, 1.807) is 5.56 Å². The molecule has 0 unspecified atom stereocenters. The Labute approximate surface area is 79.4 Å². The fourth-order valence-electron chi connectivity index (χ4n) is 2.67. The first kappa shape index (κ1) is 7.43. The van der Waals surface area contributed by atoms with E-state index >= 15 is 0 Å². The average Bonchev–Trinajstić information content (AvgIpc) is 2.31. The van der Waals surface area contributed by atoms with Gasteiger partial charge in [0, 0.05) is 24.2 Å². The standard InChI is InChI=1S/C12H15N/c1-12(2)8-13-6-5-9-3-4-11(13)10(12)7-9/h3-4,7H,5-6,8H2,1-2H3. The molecular weight excluding hydrogens is 158 g/mol. The second-order valence-electron chi connectivity index (χ2n) is 4.91. The Bertz CT molecular complexity index is 365. The molecule has 0 fully saturated rings. The summed E-state index contributed by atoms with van der Waals surface area (Å²) in [5.41, 5.74) is 4.91. The van der Waals surface area contributed by atoms with Crippen molar-refractivity contribution >= 4 is 5.69 Å². The molecule has 3 aliphatic heterocycles. The van der Waals surface area contributed by atoms with Crippen molar-refractivity contribution in [2.24, 2.45) is 0 Å². The third-order valence-corrected chi connectivity index (χ3v) is 3.39. The fraction of sp³-hybridized carbons (Fsp3) is 0.500. The molecule has 0 N–H and O–H groups in total. The maximum Gasteiger partial charge on any atom is 0.0405 e. The zero-order valence-corrected chi connectivity index (χ0v) is 8.30. The van der Waals surface area contributed by atoms with Gasteiger partial charge in [0.2, 0.25) is 0 Å². The van der Waals surface area contributed by atoms with Gasteiger partial charge in [0.25, 0.3) is 0 Å². The Hall–Kier alpha value is -0.980. The summed E-state index contributed by atoms with van der Waals surface area (Å²) >= 11 is 0. The average molecular weight is 173 g/mol. The predicted molar refractivity (Wildman–Crippen MR) is 55.4 cm³/mol. The minimum atomic E-state index is 0.367. The highest BCUT2D eigenvalue weighted by Crippen LogP contribution is 2.42. The van der Waals surface area contributed by atoms with E-state index in [0.717, 1.165) is 0 Å². The molecule has 0 radical (unpaired) electrons. The SMILES string of the molecule is CC1(C)CN2CCc3ccc2c1c3. The highest BCUT2D eigenvalue weighted by molar-refractivity contribution is 5.64. The molecule has 0 saturated heterocycles. The van der Waals surface area contributed by atoms with E-state index in [9.17, 15) is 0 Å². The van der Waals surface area contributed by atoms with Crippen LogP contribution < -0.4 is 4.90 Å². The number of fused-ring (bicyclic) bond motifs is 2. The van der Waals surface area contributed by atoms with E-state index in [0.29, 0.717) is 5.41 Å². The minimum Gasteiger partial charge on any atom is -0.370 e. The molecule has 4 rings (SSSR count). The van der Waals surface area contributed by atoms with Crippen molar-refractivity contribution in [3.8, 4) is 0 Å². The highest BCUT2D eigenvalue weighted by atomic mass is 15.2. The van der Waals surface area contributed by atoms with Crippen LogP contribution in [-0.4, -0.2) is 13.1 Å². The Morgan fingerprint density at radius 3 is 3.00 bits per heavy atom. The van der Waals surface area contributed by atoms with E-state index in [-0.39, 0.29) is 0 Å². The third kappa shape index (κ3) is 0.874. The molecule has 0 spiro atoms. The van der Waals surface area contributed by atoms with Gasteiger partial charge < -0.3 is 4.90 Å². The lowest BCUT2D eigenvalue weighted by Crippen LogP contribution is -2.30. The Morgan fingerprint density at radius 1 is 1.31 bits per heavy atom. The van der Waals surface area contributed by atoms with Crippen molar-refractivity contribution in [2.45, 2.75) is 25.7 Å². The second kappa shape index (κ2) is 2.09. The smallest absolute Gasteiger partial charge is 0.0405 e. The van der Waals surface area contributed by atoms with Gasteiger partial charge >= 0.3 is 0 Å². The zero-order chi connectivity index (χ0) is 9.05. The largest absolute Gasteiger partial charge is 0.370 e. The van der Waals surface area contributed by atoms with Crippen molar-refractivity contribution in [2.75, 3.05) is 18.0 Å². The van der Waals surface area contributed by atoms with Crippen molar-refractivity contribution in [3.63, 3.8) is 0 Å². The summed E-state index contributed by atoms with van der Waals surface area (Å²) in [6.07, 6.45) is 1.22. The van der Waals surface area contributed by atoms with Gasteiger partial charge in [0.15, 0.2) is 0 Å². The van der Waals surface area contributed by atoms with E-state index in [2.05, 4.69) is 36.9 Å². The van der Waals surface area contributed by atoms with Crippen molar-refractivity contribution in [3.05, 3.63) is 29.3 Å². The van der Waals surface area contributed by atoms with E-state index in [1.165, 1.54) is 30.8 Å². The molecule has 4 bridgehead atoms. The summed E-state index contributed by atoms with van der Waals surface area (Å²) in [7, 11) is 0. The van der Waals surface area contributed by atoms with Crippen molar-refractivity contribution < 1.29 is 0 Å². The second-order valence-corrected chi connectivity index (χ2v) is 4.91. The molecule has 0 saturated carbocycles. The zero-order valence-electron chi connectivity index (χ0n) is 8.30. The molecule has 0 aromatic heterocycles. The van der Waals surface area contributed by atoms with Crippen LogP contribution in [-0.2, 0) is 11.8 Å². The van der Waals surface area contributed by atoms with Crippen LogP contribution in [0, 0.1) is 0 Å². The lowest BCUT2D eigenvalue weighted by atomic mass is 9.85. The molecule has 1 aromatic rings. The molecule has 0 atom stereocenters. The summed E-state index contributed by atoms with van der Waals surface area (Å²) in [6.45, 7) is 7.11. The van der Waals surface area contributed by atoms with Gasteiger partial charge in [0.05, 0.1) is 0 Å². The molecule has 1 aromatic carbocycles. The molecular formula is C12H15N. The molecule has 0 amide bonds. The summed E-state index contributed by atoms with van der Waals surface area (Å²) < 4.78 is 0.